The Labute approximate surface area is 305 Å². The molecule has 4 aromatic carbocycles. The molecule has 1 aromatic heterocycles. The minimum atomic E-state index is -0.979. The normalized spacial score (nSPS) is 12.3. The maximum Gasteiger partial charge on any atom is 0.309 e. The van der Waals surface area contributed by atoms with Gasteiger partial charge in [-0.15, -0.1) is 0 Å². The number of halogens is 1. The number of aliphatic hydroxyl groups is 1. The number of benzene rings is 4. The first-order valence-electron chi connectivity index (χ1n) is 16.4. The predicted molar refractivity (Wildman–Crippen MR) is 193 cm³/mol. The highest BCUT2D eigenvalue weighted by Crippen LogP contribution is 2.37. The molecule has 0 radical (unpaired) electrons. The van der Waals surface area contributed by atoms with Gasteiger partial charge < -0.3 is 44.0 Å². The number of hydrogen-bond donors (Lipinski definition) is 4. The van der Waals surface area contributed by atoms with E-state index in [1.54, 1.807) is 6.07 Å². The van der Waals surface area contributed by atoms with Crippen molar-refractivity contribution in [1.29, 1.82) is 0 Å². The summed E-state index contributed by atoms with van der Waals surface area (Å²) in [6, 6.07) is 23.1. The number of aromatic nitrogens is 1. The summed E-state index contributed by atoms with van der Waals surface area (Å²) in [6.45, 7) is 5.67. The van der Waals surface area contributed by atoms with Gasteiger partial charge in [-0.3, -0.25) is 9.59 Å². The molecule has 2 heterocycles. The fraction of sp³-hybridized carbons (Fsp3) is 0.256. The molecule has 1 aliphatic heterocycles. The van der Waals surface area contributed by atoms with Crippen LogP contribution < -0.4 is 24.3 Å². The molecule has 13 heteroatoms. The van der Waals surface area contributed by atoms with Crippen LogP contribution in [0, 0.1) is 6.92 Å². The maximum atomic E-state index is 11.1. The van der Waals surface area contributed by atoms with Crippen LogP contribution in [0.2, 0.25) is 5.02 Å². The zero-order chi connectivity index (χ0) is 37.0. The highest BCUT2D eigenvalue weighted by Gasteiger charge is 2.17. The SMILES string of the molecule is Cc1c(COc2cc(OCc3cccc(-c4nc(CC(=O)O)co4)c3)c(CNC(C)CO)cc2Cl)cccc1-c1ccc2c(c1)OCCO2.O=CO. The quantitative estimate of drug-likeness (QED) is 0.0894. The minimum absolute atomic E-state index is 0.0163. The summed E-state index contributed by atoms with van der Waals surface area (Å²) in [4.78, 5) is 23.7. The number of hydrogen-bond acceptors (Lipinski definition) is 10. The molecule has 12 nitrogen and oxygen atoms in total. The van der Waals surface area contributed by atoms with E-state index in [0.717, 1.165) is 44.9 Å². The second kappa shape index (κ2) is 18.1. The number of fused-ring (bicyclic) bond motifs is 1. The third kappa shape index (κ3) is 9.81. The van der Waals surface area contributed by atoms with Crippen molar-refractivity contribution >= 4 is 24.0 Å². The zero-order valence-corrected chi connectivity index (χ0v) is 29.4. The van der Waals surface area contributed by atoms with E-state index in [9.17, 15) is 9.90 Å². The number of ether oxygens (including phenoxy) is 4. The van der Waals surface area contributed by atoms with Crippen molar-refractivity contribution in [2.24, 2.45) is 0 Å². The molecule has 1 aliphatic rings. The highest BCUT2D eigenvalue weighted by molar-refractivity contribution is 6.32. The monoisotopic (exact) mass is 730 g/mol. The molecule has 1 atom stereocenters. The summed E-state index contributed by atoms with van der Waals surface area (Å²) in [6.07, 6.45) is 1.13. The lowest BCUT2D eigenvalue weighted by atomic mass is 9.96. The first kappa shape index (κ1) is 37.7. The number of aliphatic carboxylic acids is 1. The molecule has 0 spiro atoms. The van der Waals surface area contributed by atoms with E-state index >= 15 is 0 Å². The number of rotatable bonds is 14. The van der Waals surface area contributed by atoms with Gasteiger partial charge in [0.15, 0.2) is 11.5 Å². The lowest BCUT2D eigenvalue weighted by Crippen LogP contribution is -2.28. The number of carboxylic acids is 1. The van der Waals surface area contributed by atoms with Gasteiger partial charge in [-0.1, -0.05) is 48.0 Å². The van der Waals surface area contributed by atoms with Gasteiger partial charge in [0.25, 0.3) is 6.47 Å². The van der Waals surface area contributed by atoms with Crippen molar-refractivity contribution in [2.75, 3.05) is 19.8 Å². The van der Waals surface area contributed by atoms with Gasteiger partial charge in [0, 0.05) is 29.8 Å². The van der Waals surface area contributed by atoms with Crippen LogP contribution in [0.4, 0.5) is 0 Å². The van der Waals surface area contributed by atoms with Crippen molar-refractivity contribution in [3.05, 3.63) is 112 Å². The number of carbonyl (C=O) groups is 2. The van der Waals surface area contributed by atoms with Crippen LogP contribution in [0.25, 0.3) is 22.6 Å². The standard InChI is InChI=1S/C38H37ClN2O8.CH2O2/c1-23(19-42)40-18-29-14-32(39)35(17-34(29)47-20-25-5-3-6-27(13-25)38-41-30(22-49-38)16-37(43)44)48-21-28-7-4-8-31(24(28)2)26-9-10-33-36(15-26)46-12-11-45-33;2-1-3/h3-10,13-15,17,22-23,40,42H,11-12,16,18-21H2,1-2H3,(H,43,44);1H,(H,2,3). The number of oxazole rings is 1. The van der Waals surface area contributed by atoms with Crippen molar-refractivity contribution in [3.8, 4) is 45.6 Å². The fourth-order valence-electron chi connectivity index (χ4n) is 5.46. The predicted octanol–water partition coefficient (Wildman–Crippen LogP) is 6.70. The zero-order valence-electron chi connectivity index (χ0n) is 28.6. The van der Waals surface area contributed by atoms with Crippen molar-refractivity contribution < 1.29 is 48.3 Å². The van der Waals surface area contributed by atoms with Gasteiger partial charge in [0.05, 0.1) is 23.7 Å². The van der Waals surface area contributed by atoms with E-state index in [4.69, 9.17) is 50.0 Å². The van der Waals surface area contributed by atoms with Crippen LogP contribution in [0.15, 0.2) is 83.5 Å². The summed E-state index contributed by atoms with van der Waals surface area (Å²) in [5.41, 5.74) is 6.87. The van der Waals surface area contributed by atoms with Crippen LogP contribution >= 0.6 is 11.6 Å². The summed E-state index contributed by atoms with van der Waals surface area (Å²) in [7, 11) is 0. The third-order valence-electron chi connectivity index (χ3n) is 8.16. The molecule has 272 valence electrons. The minimum Gasteiger partial charge on any atom is -0.488 e. The Morgan fingerprint density at radius 1 is 0.962 bits per heavy atom. The van der Waals surface area contributed by atoms with Gasteiger partial charge in [0.2, 0.25) is 5.89 Å². The van der Waals surface area contributed by atoms with Gasteiger partial charge >= 0.3 is 5.97 Å². The van der Waals surface area contributed by atoms with E-state index in [1.807, 2.05) is 67.6 Å². The summed E-state index contributed by atoms with van der Waals surface area (Å²) >= 11 is 6.75. The van der Waals surface area contributed by atoms with Crippen molar-refractivity contribution in [2.45, 2.75) is 46.1 Å². The average molecular weight is 731 g/mol. The molecule has 4 N–H and O–H groups in total. The molecule has 0 bridgehead atoms. The van der Waals surface area contributed by atoms with Crippen LogP contribution in [-0.4, -0.2) is 58.6 Å². The number of carboxylic acid groups (broad SMARTS) is 2. The first-order chi connectivity index (χ1) is 25.2. The molecule has 0 amide bonds. The van der Waals surface area contributed by atoms with Crippen LogP contribution in [-0.2, 0) is 35.8 Å². The van der Waals surface area contributed by atoms with Gasteiger partial charge in [-0.05, 0) is 72.0 Å². The average Bonchev–Trinajstić information content (AvgIpc) is 3.61. The summed E-state index contributed by atoms with van der Waals surface area (Å²) in [5.74, 6) is 1.88. The lowest BCUT2D eigenvalue weighted by molar-refractivity contribution is -0.136. The van der Waals surface area contributed by atoms with Crippen LogP contribution in [0.5, 0.6) is 23.0 Å². The molecule has 0 fully saturated rings. The Balaban J connectivity index is 0.00000168. The molecular formula is C39H39ClN2O10. The molecule has 0 saturated carbocycles. The smallest absolute Gasteiger partial charge is 0.309 e. The van der Waals surface area contributed by atoms with E-state index in [-0.39, 0.29) is 38.8 Å². The van der Waals surface area contributed by atoms with E-state index < -0.39 is 5.97 Å². The van der Waals surface area contributed by atoms with Crippen molar-refractivity contribution in [3.63, 3.8) is 0 Å². The van der Waals surface area contributed by atoms with Crippen molar-refractivity contribution in [1.82, 2.24) is 10.3 Å². The Morgan fingerprint density at radius 3 is 2.48 bits per heavy atom. The first-order valence-corrected chi connectivity index (χ1v) is 16.8. The third-order valence-corrected chi connectivity index (χ3v) is 8.46. The Bertz CT molecular complexity index is 2000. The maximum absolute atomic E-state index is 11.1. The topological polar surface area (TPSA) is 170 Å². The van der Waals surface area contributed by atoms with E-state index in [2.05, 4.69) is 23.3 Å². The Morgan fingerprint density at radius 2 is 1.71 bits per heavy atom. The van der Waals surface area contributed by atoms with E-state index in [1.165, 1.54) is 6.26 Å². The molecule has 6 rings (SSSR count). The second-order valence-electron chi connectivity index (χ2n) is 11.9. The van der Waals surface area contributed by atoms with Gasteiger partial charge in [-0.2, -0.15) is 0 Å². The number of nitrogens with zero attached hydrogens (tertiary/aromatic N) is 1. The summed E-state index contributed by atoms with van der Waals surface area (Å²) < 4.78 is 29.7. The number of aliphatic hydroxyl groups excluding tert-OH is 1. The fourth-order valence-corrected chi connectivity index (χ4v) is 5.70. The van der Waals surface area contributed by atoms with Gasteiger partial charge in [-0.25, -0.2) is 4.98 Å². The summed E-state index contributed by atoms with van der Waals surface area (Å²) in [5, 5.41) is 29.2. The largest absolute Gasteiger partial charge is 0.488 e. The highest BCUT2D eigenvalue weighted by atomic mass is 35.5. The van der Waals surface area contributed by atoms with Crippen LogP contribution in [0.1, 0.15) is 34.9 Å². The van der Waals surface area contributed by atoms with Gasteiger partial charge in [0.1, 0.15) is 44.2 Å². The molecular weight excluding hydrogens is 692 g/mol. The molecule has 0 aliphatic carbocycles. The lowest BCUT2D eigenvalue weighted by Gasteiger charge is -2.20. The molecule has 5 aromatic rings. The van der Waals surface area contributed by atoms with Crippen LogP contribution in [0.3, 0.4) is 0 Å². The molecule has 0 saturated heterocycles. The molecule has 1 unspecified atom stereocenters. The number of nitrogens with one attached hydrogen (secondary N) is 1. The Kier molecular flexibility index (Phi) is 13.1. The van der Waals surface area contributed by atoms with E-state index in [0.29, 0.717) is 53.4 Å². The second-order valence-corrected chi connectivity index (χ2v) is 12.3. The molecule has 52 heavy (non-hydrogen) atoms. The Hall–Kier alpha value is -5.56.